The predicted octanol–water partition coefficient (Wildman–Crippen LogP) is 0.893. The average molecular weight is 129 g/mol. The maximum Gasteiger partial charge on any atom is 0.408 e. The summed E-state index contributed by atoms with van der Waals surface area (Å²) in [4.78, 5) is 10.5. The molecule has 1 rings (SSSR count). The van der Waals surface area contributed by atoms with E-state index in [2.05, 4.69) is 5.32 Å². The number of nitrogens with one attached hydrogen (secondary N) is 1. The molecule has 0 aromatic carbocycles. The summed E-state index contributed by atoms with van der Waals surface area (Å²) >= 11 is 0. The molecule has 1 aliphatic rings. The zero-order valence-corrected chi connectivity index (χ0v) is 5.89. The van der Waals surface area contributed by atoms with Crippen LogP contribution in [0, 0.1) is 0 Å². The van der Waals surface area contributed by atoms with Gasteiger partial charge in [0.25, 0.3) is 0 Å². The lowest BCUT2D eigenvalue weighted by molar-refractivity contribution is 0.0718. The first-order valence-electron chi connectivity index (χ1n) is 3.02. The second kappa shape index (κ2) is 1.62. The summed E-state index contributed by atoms with van der Waals surface area (Å²) in [5.41, 5.74) is -0.336. The Kier molecular flexibility index (Phi) is 1.15. The van der Waals surface area contributed by atoms with Gasteiger partial charge in [-0.3, -0.25) is 0 Å². The highest BCUT2D eigenvalue weighted by atomic mass is 16.6. The van der Waals surface area contributed by atoms with Crippen molar-refractivity contribution in [3.8, 4) is 0 Å². The van der Waals surface area contributed by atoms with Crippen molar-refractivity contribution in [2.75, 3.05) is 0 Å². The second-order valence-electron chi connectivity index (χ2n) is 2.86. The van der Waals surface area contributed by atoms with Gasteiger partial charge < -0.3 is 10.1 Å². The third-order valence-electron chi connectivity index (χ3n) is 1.73. The van der Waals surface area contributed by atoms with E-state index in [1.807, 2.05) is 20.8 Å². The summed E-state index contributed by atoms with van der Waals surface area (Å²) in [6, 6.07) is 0.116. The Labute approximate surface area is 54.4 Å². The fourth-order valence-electron chi connectivity index (χ4n) is 0.707. The molecule has 52 valence electrons. The van der Waals surface area contributed by atoms with Crippen LogP contribution in [0.2, 0.25) is 0 Å². The molecule has 3 nitrogen and oxygen atoms in total. The molecule has 1 unspecified atom stereocenters. The van der Waals surface area contributed by atoms with Crippen molar-refractivity contribution < 1.29 is 9.53 Å². The first kappa shape index (κ1) is 6.39. The standard InChI is InChI=1S/C6H11NO2/c1-4-6(2,3)9-5(8)7-4/h4H,1-3H3,(H,7,8). The molecule has 1 fully saturated rings. The maximum atomic E-state index is 10.5. The Bertz CT molecular complexity index is 142. The Morgan fingerprint density at radius 1 is 1.67 bits per heavy atom. The van der Waals surface area contributed by atoms with E-state index < -0.39 is 0 Å². The van der Waals surface area contributed by atoms with E-state index in [1.54, 1.807) is 0 Å². The van der Waals surface area contributed by atoms with Crippen molar-refractivity contribution in [3.63, 3.8) is 0 Å². The lowest BCUT2D eigenvalue weighted by atomic mass is 10.0. The van der Waals surface area contributed by atoms with Gasteiger partial charge in [-0.15, -0.1) is 0 Å². The first-order valence-corrected chi connectivity index (χ1v) is 3.02. The van der Waals surface area contributed by atoms with E-state index in [9.17, 15) is 4.79 Å². The van der Waals surface area contributed by atoms with Gasteiger partial charge in [0.05, 0.1) is 6.04 Å². The van der Waals surface area contributed by atoms with Gasteiger partial charge in [0.2, 0.25) is 0 Å². The molecule has 9 heavy (non-hydrogen) atoms. The smallest absolute Gasteiger partial charge is 0.408 e. The zero-order valence-electron chi connectivity index (χ0n) is 5.89. The van der Waals surface area contributed by atoms with E-state index in [1.165, 1.54) is 0 Å². The number of cyclic esters (lactones) is 1. The minimum Gasteiger partial charge on any atom is -0.441 e. The largest absolute Gasteiger partial charge is 0.441 e. The normalized spacial score (nSPS) is 31.4. The van der Waals surface area contributed by atoms with Crippen LogP contribution in [0.5, 0.6) is 0 Å². The highest BCUT2D eigenvalue weighted by Gasteiger charge is 2.37. The Balaban J connectivity index is 2.69. The predicted molar refractivity (Wildman–Crippen MR) is 33.2 cm³/mol. The number of ether oxygens (including phenoxy) is 1. The number of hydrogen-bond acceptors (Lipinski definition) is 2. The van der Waals surface area contributed by atoms with Gasteiger partial charge >= 0.3 is 6.09 Å². The highest BCUT2D eigenvalue weighted by molar-refractivity contribution is 5.70. The maximum absolute atomic E-state index is 10.5. The molecule has 0 saturated carbocycles. The number of carbonyl (C=O) groups is 1. The highest BCUT2D eigenvalue weighted by Crippen LogP contribution is 2.19. The van der Waals surface area contributed by atoms with Crippen LogP contribution in [0.3, 0.4) is 0 Å². The molecule has 1 N–H and O–H groups in total. The minimum absolute atomic E-state index is 0.116. The average Bonchev–Trinajstić information content (AvgIpc) is 1.79. The third-order valence-corrected chi connectivity index (χ3v) is 1.73. The van der Waals surface area contributed by atoms with Gasteiger partial charge in [0.1, 0.15) is 5.60 Å². The molecule has 0 aliphatic carbocycles. The number of rotatable bonds is 0. The molecule has 1 saturated heterocycles. The lowest BCUT2D eigenvalue weighted by Gasteiger charge is -2.19. The van der Waals surface area contributed by atoms with Crippen molar-refractivity contribution in [1.82, 2.24) is 5.32 Å². The molecule has 3 heteroatoms. The van der Waals surface area contributed by atoms with E-state index in [0.29, 0.717) is 0 Å². The molecule has 0 aromatic rings. The van der Waals surface area contributed by atoms with Crippen molar-refractivity contribution in [2.45, 2.75) is 32.4 Å². The molecule has 0 aromatic heterocycles. The Hall–Kier alpha value is -0.730. The Morgan fingerprint density at radius 2 is 2.22 bits per heavy atom. The fraction of sp³-hybridized carbons (Fsp3) is 0.833. The molecule has 0 bridgehead atoms. The fourth-order valence-corrected chi connectivity index (χ4v) is 0.707. The summed E-state index contributed by atoms with van der Waals surface area (Å²) in [5.74, 6) is 0. The molecule has 0 spiro atoms. The summed E-state index contributed by atoms with van der Waals surface area (Å²) in [7, 11) is 0. The summed E-state index contributed by atoms with van der Waals surface area (Å²) in [5, 5.41) is 2.65. The lowest BCUT2D eigenvalue weighted by Crippen LogP contribution is -2.35. The monoisotopic (exact) mass is 129 g/mol. The van der Waals surface area contributed by atoms with Gasteiger partial charge in [0.15, 0.2) is 0 Å². The number of amides is 1. The molecular weight excluding hydrogens is 118 g/mol. The zero-order chi connectivity index (χ0) is 7.07. The summed E-state index contributed by atoms with van der Waals surface area (Å²) in [6.45, 7) is 5.69. The summed E-state index contributed by atoms with van der Waals surface area (Å²) < 4.78 is 4.91. The van der Waals surface area contributed by atoms with Crippen molar-refractivity contribution in [1.29, 1.82) is 0 Å². The van der Waals surface area contributed by atoms with Crippen LogP contribution in [0.15, 0.2) is 0 Å². The van der Waals surface area contributed by atoms with Crippen LogP contribution in [0.4, 0.5) is 4.79 Å². The van der Waals surface area contributed by atoms with Gasteiger partial charge in [0, 0.05) is 0 Å². The second-order valence-corrected chi connectivity index (χ2v) is 2.86. The van der Waals surface area contributed by atoms with Crippen LogP contribution in [0.1, 0.15) is 20.8 Å². The first-order chi connectivity index (χ1) is 4.02. The number of carbonyl (C=O) groups excluding carboxylic acids is 1. The van der Waals surface area contributed by atoms with Gasteiger partial charge in [-0.2, -0.15) is 0 Å². The number of alkyl carbamates (subject to hydrolysis) is 1. The topological polar surface area (TPSA) is 38.3 Å². The molecular formula is C6H11NO2. The van der Waals surface area contributed by atoms with Crippen LogP contribution >= 0.6 is 0 Å². The van der Waals surface area contributed by atoms with Gasteiger partial charge in [-0.05, 0) is 20.8 Å². The van der Waals surface area contributed by atoms with Crippen molar-refractivity contribution >= 4 is 6.09 Å². The molecule has 1 aliphatic heterocycles. The third kappa shape index (κ3) is 0.992. The van der Waals surface area contributed by atoms with E-state index >= 15 is 0 Å². The molecule has 0 radical (unpaired) electrons. The number of hydrogen-bond donors (Lipinski definition) is 1. The van der Waals surface area contributed by atoms with E-state index in [0.717, 1.165) is 0 Å². The summed E-state index contributed by atoms with van der Waals surface area (Å²) in [6.07, 6.45) is -0.312. The van der Waals surface area contributed by atoms with E-state index in [4.69, 9.17) is 4.74 Å². The van der Waals surface area contributed by atoms with Crippen LogP contribution < -0.4 is 5.32 Å². The van der Waals surface area contributed by atoms with Crippen molar-refractivity contribution in [2.24, 2.45) is 0 Å². The van der Waals surface area contributed by atoms with Crippen LogP contribution in [-0.4, -0.2) is 17.7 Å². The molecule has 1 heterocycles. The SMILES string of the molecule is CC1NC(=O)OC1(C)C. The van der Waals surface area contributed by atoms with Gasteiger partial charge in [-0.1, -0.05) is 0 Å². The van der Waals surface area contributed by atoms with E-state index in [-0.39, 0.29) is 17.7 Å². The molecule has 1 atom stereocenters. The van der Waals surface area contributed by atoms with Crippen LogP contribution in [0.25, 0.3) is 0 Å². The Morgan fingerprint density at radius 3 is 2.33 bits per heavy atom. The minimum atomic E-state index is -0.336. The van der Waals surface area contributed by atoms with Gasteiger partial charge in [-0.25, -0.2) is 4.79 Å². The van der Waals surface area contributed by atoms with Crippen molar-refractivity contribution in [3.05, 3.63) is 0 Å². The van der Waals surface area contributed by atoms with Crippen LogP contribution in [-0.2, 0) is 4.74 Å². The quantitative estimate of drug-likeness (QED) is 0.527. The molecule has 1 amide bonds.